The minimum atomic E-state index is -0.562. The number of rotatable bonds is 3. The fraction of sp³-hybridized carbons (Fsp3) is 0.500. The second-order valence-corrected chi connectivity index (χ2v) is 7.31. The van der Waals surface area contributed by atoms with Crippen LogP contribution in [0.1, 0.15) is 46.1 Å². The van der Waals surface area contributed by atoms with E-state index in [0.717, 1.165) is 10.6 Å². The summed E-state index contributed by atoms with van der Waals surface area (Å²) in [6.45, 7) is 7.48. The van der Waals surface area contributed by atoms with Crippen molar-refractivity contribution in [1.82, 2.24) is 5.06 Å². The van der Waals surface area contributed by atoms with Crippen LogP contribution < -0.4 is 0 Å². The van der Waals surface area contributed by atoms with E-state index in [0.29, 0.717) is 12.8 Å². The van der Waals surface area contributed by atoms with Gasteiger partial charge < -0.3 is 9.84 Å². The van der Waals surface area contributed by atoms with E-state index in [1.165, 1.54) is 6.08 Å². The van der Waals surface area contributed by atoms with Crippen LogP contribution in [0.15, 0.2) is 30.3 Å². The molecule has 0 unspecified atom stereocenters. The third-order valence-corrected chi connectivity index (χ3v) is 4.14. The van der Waals surface area contributed by atoms with Gasteiger partial charge in [0.1, 0.15) is 11.9 Å². The summed E-state index contributed by atoms with van der Waals surface area (Å²) in [5.41, 5.74) is -0.324. The van der Waals surface area contributed by atoms with Gasteiger partial charge in [0.15, 0.2) is 0 Å². The molecular weight excluding hydrogens is 294 g/mol. The molecule has 1 saturated heterocycles. The lowest BCUT2D eigenvalue weighted by Gasteiger charge is -2.49. The van der Waals surface area contributed by atoms with Gasteiger partial charge in [-0.15, -0.1) is 10.3 Å². The van der Waals surface area contributed by atoms with Crippen molar-refractivity contribution in [2.45, 2.75) is 57.7 Å². The number of piperidine rings is 1. The number of carbonyl (C=O) groups is 1. The molecular formula is C18H24NO4. The van der Waals surface area contributed by atoms with Crippen LogP contribution in [0, 0.1) is 0 Å². The summed E-state index contributed by atoms with van der Waals surface area (Å²) >= 11 is 0. The molecule has 0 saturated carbocycles. The van der Waals surface area contributed by atoms with Crippen molar-refractivity contribution in [3.05, 3.63) is 35.9 Å². The minimum Gasteiger partial charge on any atom is -0.508 e. The van der Waals surface area contributed by atoms with E-state index in [1.807, 2.05) is 27.7 Å². The molecule has 1 aromatic rings. The monoisotopic (exact) mass is 318 g/mol. The molecule has 2 rings (SSSR count). The van der Waals surface area contributed by atoms with Gasteiger partial charge in [0, 0.05) is 30.0 Å². The van der Waals surface area contributed by atoms with Crippen LogP contribution in [0.3, 0.4) is 0 Å². The van der Waals surface area contributed by atoms with Crippen molar-refractivity contribution in [1.29, 1.82) is 0 Å². The third-order valence-electron chi connectivity index (χ3n) is 4.14. The van der Waals surface area contributed by atoms with E-state index in [-0.39, 0.29) is 11.9 Å². The van der Waals surface area contributed by atoms with Gasteiger partial charge in [-0.25, -0.2) is 4.79 Å². The van der Waals surface area contributed by atoms with Gasteiger partial charge in [-0.1, -0.05) is 12.1 Å². The Balaban J connectivity index is 1.98. The Morgan fingerprint density at radius 1 is 1.17 bits per heavy atom. The quantitative estimate of drug-likeness (QED) is 0.685. The highest BCUT2D eigenvalue weighted by Gasteiger charge is 2.47. The molecule has 1 aliphatic heterocycles. The number of esters is 1. The van der Waals surface area contributed by atoms with E-state index < -0.39 is 17.0 Å². The van der Waals surface area contributed by atoms with Crippen molar-refractivity contribution in [3.8, 4) is 5.75 Å². The van der Waals surface area contributed by atoms with E-state index >= 15 is 0 Å². The Morgan fingerprint density at radius 2 is 1.70 bits per heavy atom. The van der Waals surface area contributed by atoms with Crippen LogP contribution >= 0.6 is 0 Å². The number of ether oxygens (including phenoxy) is 1. The number of aromatic hydroxyl groups is 1. The first-order valence-corrected chi connectivity index (χ1v) is 7.75. The largest absolute Gasteiger partial charge is 0.508 e. The molecule has 1 radical (unpaired) electrons. The number of benzene rings is 1. The molecule has 0 spiro atoms. The van der Waals surface area contributed by atoms with Gasteiger partial charge in [0.2, 0.25) is 0 Å². The maximum Gasteiger partial charge on any atom is 0.331 e. The van der Waals surface area contributed by atoms with Crippen molar-refractivity contribution in [2.24, 2.45) is 0 Å². The zero-order valence-corrected chi connectivity index (χ0v) is 14.1. The number of hydrogen-bond acceptors (Lipinski definition) is 4. The van der Waals surface area contributed by atoms with Crippen LogP contribution in [0.2, 0.25) is 0 Å². The lowest BCUT2D eigenvalue weighted by atomic mass is 9.80. The number of hydrogen-bond donors (Lipinski definition) is 1. The van der Waals surface area contributed by atoms with Crippen LogP contribution in [-0.4, -0.2) is 33.3 Å². The highest BCUT2D eigenvalue weighted by atomic mass is 16.5. The van der Waals surface area contributed by atoms with E-state index in [4.69, 9.17) is 4.74 Å². The molecule has 1 fully saturated rings. The van der Waals surface area contributed by atoms with E-state index in [9.17, 15) is 15.1 Å². The highest BCUT2D eigenvalue weighted by Crippen LogP contribution is 2.38. The third kappa shape index (κ3) is 4.33. The first-order chi connectivity index (χ1) is 10.6. The molecule has 1 N–H and O–H groups in total. The van der Waals surface area contributed by atoms with Gasteiger partial charge in [0.25, 0.3) is 0 Å². The Hall–Kier alpha value is -1.85. The first-order valence-electron chi connectivity index (χ1n) is 7.75. The normalized spacial score (nSPS) is 21.4. The second-order valence-electron chi connectivity index (χ2n) is 7.31. The molecule has 0 atom stereocenters. The van der Waals surface area contributed by atoms with Gasteiger partial charge in [-0.3, -0.25) is 0 Å². The Bertz CT molecular complexity index is 572. The number of nitrogens with zero attached hydrogens (tertiary/aromatic N) is 1. The van der Waals surface area contributed by atoms with Crippen molar-refractivity contribution in [3.63, 3.8) is 0 Å². The predicted octanol–water partition coefficient (Wildman–Crippen LogP) is 3.32. The van der Waals surface area contributed by atoms with Crippen LogP contribution in [0.25, 0.3) is 6.08 Å². The lowest BCUT2D eigenvalue weighted by Crippen LogP contribution is -2.60. The molecule has 5 heteroatoms. The van der Waals surface area contributed by atoms with Crippen LogP contribution in [0.4, 0.5) is 0 Å². The Labute approximate surface area is 137 Å². The molecule has 125 valence electrons. The topological polar surface area (TPSA) is 69.7 Å². The fourth-order valence-corrected chi connectivity index (χ4v) is 3.21. The average Bonchev–Trinajstić information content (AvgIpc) is 2.43. The summed E-state index contributed by atoms with van der Waals surface area (Å²) in [7, 11) is 0. The molecule has 0 aromatic heterocycles. The summed E-state index contributed by atoms with van der Waals surface area (Å²) < 4.78 is 5.52. The zero-order chi connectivity index (χ0) is 17.3. The Kier molecular flexibility index (Phi) is 4.82. The van der Waals surface area contributed by atoms with Crippen LogP contribution in [-0.2, 0) is 14.7 Å². The number of phenols is 1. The summed E-state index contributed by atoms with van der Waals surface area (Å²) in [6.07, 6.45) is 3.76. The smallest absolute Gasteiger partial charge is 0.331 e. The number of phenolic OH excluding ortho intramolecular Hbond substituents is 1. The SMILES string of the molecule is CC1(C)CC(OC(=O)/C=C/c2ccc(O)cc2)CC(C)(C)N1[O]. The predicted molar refractivity (Wildman–Crippen MR) is 86.9 cm³/mol. The molecule has 23 heavy (non-hydrogen) atoms. The molecule has 1 aromatic carbocycles. The van der Waals surface area contributed by atoms with Gasteiger partial charge in [-0.05, 0) is 51.5 Å². The summed E-state index contributed by atoms with van der Waals surface area (Å²) in [5, 5.41) is 22.6. The summed E-state index contributed by atoms with van der Waals surface area (Å²) in [6, 6.07) is 6.53. The first kappa shape index (κ1) is 17.5. The lowest BCUT2D eigenvalue weighted by molar-refractivity contribution is -0.299. The molecule has 0 bridgehead atoms. The number of hydroxylamine groups is 2. The molecule has 1 aliphatic rings. The van der Waals surface area contributed by atoms with Crippen molar-refractivity contribution in [2.75, 3.05) is 0 Å². The second kappa shape index (κ2) is 6.34. The Morgan fingerprint density at radius 3 is 2.22 bits per heavy atom. The summed E-state index contributed by atoms with van der Waals surface area (Å²) in [5.74, 6) is -0.243. The maximum absolute atomic E-state index is 12.3. The van der Waals surface area contributed by atoms with Crippen molar-refractivity contribution < 1.29 is 19.8 Å². The molecule has 1 heterocycles. The minimum absolute atomic E-state index is 0.179. The van der Waals surface area contributed by atoms with Crippen molar-refractivity contribution >= 4 is 12.0 Å². The van der Waals surface area contributed by atoms with Gasteiger partial charge >= 0.3 is 5.97 Å². The zero-order valence-electron chi connectivity index (χ0n) is 14.1. The molecule has 0 aliphatic carbocycles. The van der Waals surface area contributed by atoms with E-state index in [1.54, 1.807) is 30.3 Å². The maximum atomic E-state index is 12.3. The van der Waals surface area contributed by atoms with Crippen LogP contribution in [0.5, 0.6) is 5.75 Å². The summed E-state index contributed by atoms with van der Waals surface area (Å²) in [4.78, 5) is 12.0. The van der Waals surface area contributed by atoms with E-state index in [2.05, 4.69) is 0 Å². The molecule has 0 amide bonds. The standard InChI is InChI=1S/C18H24NO4/c1-17(2)11-15(12-18(3,4)19(17)22)23-16(21)10-7-13-5-8-14(20)9-6-13/h5-10,15,20H,11-12H2,1-4H3/b10-7+. The van der Waals surface area contributed by atoms with Gasteiger partial charge in [-0.2, -0.15) is 0 Å². The fourth-order valence-electron chi connectivity index (χ4n) is 3.21. The average molecular weight is 318 g/mol. The highest BCUT2D eigenvalue weighted by molar-refractivity contribution is 5.87. The van der Waals surface area contributed by atoms with Gasteiger partial charge in [0.05, 0.1) is 0 Å². The number of carbonyl (C=O) groups excluding carboxylic acids is 1. The molecule has 5 nitrogen and oxygen atoms in total.